The number of hydrogen-bond donors (Lipinski definition) is 1. The van der Waals surface area contributed by atoms with Crippen LogP contribution in [0.1, 0.15) is 17.2 Å². The van der Waals surface area contributed by atoms with Gasteiger partial charge in [0.25, 0.3) is 0 Å². The van der Waals surface area contributed by atoms with Crippen molar-refractivity contribution < 1.29 is 14.3 Å². The number of ether oxygens (including phenoxy) is 2. The zero-order valence-electron chi connectivity index (χ0n) is 9.15. The molecule has 5 heteroatoms. The molecule has 0 unspecified atom stereocenters. The van der Waals surface area contributed by atoms with Gasteiger partial charge in [-0.05, 0) is 24.1 Å². The summed E-state index contributed by atoms with van der Waals surface area (Å²) in [6.07, 6.45) is -0.353. The number of nitrogens with one attached hydrogen (secondary N) is 1. The van der Waals surface area contributed by atoms with E-state index in [9.17, 15) is 4.79 Å². The van der Waals surface area contributed by atoms with Crippen molar-refractivity contribution in [2.24, 2.45) is 0 Å². The molecule has 1 saturated heterocycles. The molecule has 0 aromatic heterocycles. The number of carbonyl (C=O) groups excluding carboxylic acids is 1. The number of cyclic esters (lactones) is 1. The molecule has 2 rings (SSSR count). The summed E-state index contributed by atoms with van der Waals surface area (Å²) in [5, 5.41) is 2.73. The lowest BCUT2D eigenvalue weighted by Gasteiger charge is -2.10. The van der Waals surface area contributed by atoms with Crippen molar-refractivity contribution in [3.63, 3.8) is 0 Å². The molecule has 1 aliphatic heterocycles. The maximum Gasteiger partial charge on any atom is 0.407 e. The third-order valence-corrected chi connectivity index (χ3v) is 2.49. The smallest absolute Gasteiger partial charge is 0.407 e. The highest BCUT2D eigenvalue weighted by Crippen LogP contribution is 2.24. The van der Waals surface area contributed by atoms with Crippen molar-refractivity contribution >= 4 is 18.5 Å². The molecule has 1 amide bonds. The molecule has 0 aliphatic carbocycles. The quantitative estimate of drug-likeness (QED) is 0.866. The van der Waals surface area contributed by atoms with Crippen molar-refractivity contribution in [1.29, 1.82) is 0 Å². The first-order valence-electron chi connectivity index (χ1n) is 4.78. The number of rotatable bonds is 2. The third kappa shape index (κ3) is 2.39. The van der Waals surface area contributed by atoms with Crippen LogP contribution in [0.5, 0.6) is 5.75 Å². The Hall–Kier alpha value is -1.42. The van der Waals surface area contributed by atoms with E-state index in [1.165, 1.54) is 0 Å². The van der Waals surface area contributed by atoms with Crippen LogP contribution in [0.15, 0.2) is 18.2 Å². The number of amides is 1. The number of methoxy groups -OCH3 is 1. The number of carbonyl (C=O) groups is 1. The van der Waals surface area contributed by atoms with Crippen LogP contribution in [0.4, 0.5) is 4.79 Å². The summed E-state index contributed by atoms with van der Waals surface area (Å²) in [7, 11) is 1.64. The molecule has 0 saturated carbocycles. The van der Waals surface area contributed by atoms with E-state index in [4.69, 9.17) is 9.47 Å². The average molecular weight is 244 g/mol. The van der Waals surface area contributed by atoms with E-state index in [1.54, 1.807) is 7.11 Å². The predicted molar refractivity (Wildman–Crippen MR) is 62.2 cm³/mol. The van der Waals surface area contributed by atoms with Crippen molar-refractivity contribution in [3.8, 4) is 5.75 Å². The van der Waals surface area contributed by atoms with Gasteiger partial charge in [0.05, 0.1) is 13.2 Å². The van der Waals surface area contributed by atoms with Gasteiger partial charge in [-0.15, -0.1) is 12.4 Å². The summed E-state index contributed by atoms with van der Waals surface area (Å²) in [6, 6.07) is 5.79. The highest BCUT2D eigenvalue weighted by molar-refractivity contribution is 5.85. The zero-order valence-corrected chi connectivity index (χ0v) is 9.97. The first-order chi connectivity index (χ1) is 7.20. The Kier molecular flexibility index (Phi) is 4.01. The second-order valence-corrected chi connectivity index (χ2v) is 3.52. The number of benzene rings is 1. The number of alkyl carbamates (subject to hydrolysis) is 1. The van der Waals surface area contributed by atoms with Crippen LogP contribution in [0, 0.1) is 6.92 Å². The Balaban J connectivity index is 0.00000128. The van der Waals surface area contributed by atoms with Gasteiger partial charge >= 0.3 is 6.09 Å². The van der Waals surface area contributed by atoms with Gasteiger partial charge < -0.3 is 14.8 Å². The normalized spacial score (nSPS) is 18.4. The number of halogens is 1. The van der Waals surface area contributed by atoms with Crippen LogP contribution in [-0.4, -0.2) is 19.8 Å². The average Bonchev–Trinajstić information content (AvgIpc) is 2.65. The fraction of sp³-hybridized carbons (Fsp3) is 0.364. The van der Waals surface area contributed by atoms with Gasteiger partial charge in [-0.25, -0.2) is 4.79 Å². The summed E-state index contributed by atoms with van der Waals surface area (Å²) in [6.45, 7) is 2.37. The monoisotopic (exact) mass is 243 g/mol. The van der Waals surface area contributed by atoms with E-state index in [0.29, 0.717) is 6.61 Å². The Morgan fingerprint density at radius 2 is 2.25 bits per heavy atom. The lowest BCUT2D eigenvalue weighted by Crippen LogP contribution is -2.18. The summed E-state index contributed by atoms with van der Waals surface area (Å²) < 4.78 is 10.0. The predicted octanol–water partition coefficient (Wildman–Crippen LogP) is 2.21. The van der Waals surface area contributed by atoms with Crippen LogP contribution in [0.3, 0.4) is 0 Å². The zero-order chi connectivity index (χ0) is 10.8. The third-order valence-electron chi connectivity index (χ3n) is 2.49. The highest BCUT2D eigenvalue weighted by atomic mass is 35.5. The van der Waals surface area contributed by atoms with Gasteiger partial charge in [0.15, 0.2) is 0 Å². The van der Waals surface area contributed by atoms with Crippen LogP contribution in [0.2, 0.25) is 0 Å². The van der Waals surface area contributed by atoms with Crippen LogP contribution >= 0.6 is 12.4 Å². The standard InChI is InChI=1S/C11H13NO3.ClH/c1-7-5-8(3-4-10(7)14-2)9-6-15-11(13)12-9;/h3-5,9H,6H2,1-2H3,(H,12,13);1H/t9-;/m0./s1. The summed E-state index contributed by atoms with van der Waals surface area (Å²) in [4.78, 5) is 10.9. The second kappa shape index (κ2) is 5.07. The molecule has 1 aromatic carbocycles. The minimum atomic E-state index is -0.353. The van der Waals surface area contributed by atoms with Gasteiger partial charge in [-0.1, -0.05) is 12.1 Å². The first kappa shape index (κ1) is 12.6. The Labute approximate surface area is 100 Å². The van der Waals surface area contributed by atoms with Gasteiger partial charge in [-0.3, -0.25) is 0 Å². The molecule has 1 aliphatic rings. The highest BCUT2D eigenvalue weighted by Gasteiger charge is 2.23. The Morgan fingerprint density at radius 1 is 1.50 bits per heavy atom. The molecule has 0 spiro atoms. The Bertz CT molecular complexity index is 395. The van der Waals surface area contributed by atoms with Gasteiger partial charge in [-0.2, -0.15) is 0 Å². The molecule has 1 atom stereocenters. The SMILES string of the molecule is COc1ccc([C@@H]2COC(=O)N2)cc1C.Cl. The van der Waals surface area contributed by atoms with E-state index < -0.39 is 0 Å². The van der Waals surface area contributed by atoms with E-state index >= 15 is 0 Å². The fourth-order valence-electron chi connectivity index (χ4n) is 1.68. The molecular weight excluding hydrogens is 230 g/mol. The lowest BCUT2D eigenvalue weighted by atomic mass is 10.0. The van der Waals surface area contributed by atoms with E-state index in [2.05, 4.69) is 5.32 Å². The summed E-state index contributed by atoms with van der Waals surface area (Å²) >= 11 is 0. The molecule has 16 heavy (non-hydrogen) atoms. The van der Waals surface area contributed by atoms with Crippen LogP contribution in [0.25, 0.3) is 0 Å². The lowest BCUT2D eigenvalue weighted by molar-refractivity contribution is 0.177. The summed E-state index contributed by atoms with van der Waals surface area (Å²) in [5.74, 6) is 0.851. The van der Waals surface area contributed by atoms with Crippen molar-refractivity contribution in [1.82, 2.24) is 5.32 Å². The van der Waals surface area contributed by atoms with E-state index in [1.807, 2.05) is 25.1 Å². The van der Waals surface area contributed by atoms with Gasteiger partial charge in [0.1, 0.15) is 12.4 Å². The van der Waals surface area contributed by atoms with E-state index in [-0.39, 0.29) is 24.5 Å². The molecule has 88 valence electrons. The summed E-state index contributed by atoms with van der Waals surface area (Å²) in [5.41, 5.74) is 2.09. The molecule has 0 radical (unpaired) electrons. The largest absolute Gasteiger partial charge is 0.496 e. The number of hydrogen-bond acceptors (Lipinski definition) is 3. The van der Waals surface area contributed by atoms with Crippen LogP contribution < -0.4 is 10.1 Å². The molecule has 0 bridgehead atoms. The minimum absolute atomic E-state index is 0. The van der Waals surface area contributed by atoms with Gasteiger partial charge in [0, 0.05) is 0 Å². The van der Waals surface area contributed by atoms with Gasteiger partial charge in [0.2, 0.25) is 0 Å². The number of aryl methyl sites for hydroxylation is 1. The van der Waals surface area contributed by atoms with Crippen molar-refractivity contribution in [3.05, 3.63) is 29.3 Å². The Morgan fingerprint density at radius 3 is 2.75 bits per heavy atom. The minimum Gasteiger partial charge on any atom is -0.496 e. The van der Waals surface area contributed by atoms with Crippen molar-refractivity contribution in [2.45, 2.75) is 13.0 Å². The maximum absolute atomic E-state index is 10.9. The van der Waals surface area contributed by atoms with Crippen LogP contribution in [-0.2, 0) is 4.74 Å². The molecule has 1 aromatic rings. The molecule has 1 fully saturated rings. The second-order valence-electron chi connectivity index (χ2n) is 3.52. The molecule has 1 N–H and O–H groups in total. The maximum atomic E-state index is 10.9. The molecule has 1 heterocycles. The first-order valence-corrected chi connectivity index (χ1v) is 4.78. The van der Waals surface area contributed by atoms with E-state index in [0.717, 1.165) is 16.9 Å². The van der Waals surface area contributed by atoms with Crippen molar-refractivity contribution in [2.75, 3.05) is 13.7 Å². The molecule has 4 nitrogen and oxygen atoms in total. The fourth-order valence-corrected chi connectivity index (χ4v) is 1.68. The molecular formula is C11H14ClNO3. The topological polar surface area (TPSA) is 47.6 Å².